The van der Waals surface area contributed by atoms with Gasteiger partial charge in [0.2, 0.25) is 0 Å². The molecule has 0 radical (unpaired) electrons. The van der Waals surface area contributed by atoms with Crippen LogP contribution in [0.15, 0.2) is 47.8 Å². The molecular formula is C19H15Cl2N3O3S. The zero-order chi connectivity index (χ0) is 20.1. The number of nitrogens with one attached hydrogen (secondary N) is 2. The molecule has 3 N–H and O–H groups in total. The second-order valence-electron chi connectivity index (χ2n) is 5.84. The third kappa shape index (κ3) is 5.45. The third-order valence-corrected chi connectivity index (χ3v) is 5.09. The molecule has 0 spiro atoms. The Balaban J connectivity index is 1.58. The van der Waals surface area contributed by atoms with Gasteiger partial charge in [-0.3, -0.25) is 14.9 Å². The zero-order valence-electron chi connectivity index (χ0n) is 14.4. The lowest BCUT2D eigenvalue weighted by Gasteiger charge is -2.09. The highest BCUT2D eigenvalue weighted by atomic mass is 35.5. The number of benzene rings is 2. The van der Waals surface area contributed by atoms with Crippen molar-refractivity contribution in [3.05, 3.63) is 74.7 Å². The van der Waals surface area contributed by atoms with Crippen LogP contribution in [-0.4, -0.2) is 22.0 Å². The molecule has 1 heterocycles. The fraction of sp³-hybridized carbons (Fsp3) is 0.105. The van der Waals surface area contributed by atoms with Crippen LogP contribution in [-0.2, 0) is 17.8 Å². The van der Waals surface area contributed by atoms with Crippen molar-refractivity contribution in [3.63, 3.8) is 0 Å². The Morgan fingerprint density at radius 2 is 1.86 bits per heavy atom. The van der Waals surface area contributed by atoms with E-state index in [1.165, 1.54) is 11.3 Å². The van der Waals surface area contributed by atoms with E-state index in [9.17, 15) is 9.59 Å². The Bertz CT molecular complexity index is 1010. The van der Waals surface area contributed by atoms with Gasteiger partial charge in [0.25, 0.3) is 5.91 Å². The first-order chi connectivity index (χ1) is 13.4. The van der Waals surface area contributed by atoms with Crippen molar-refractivity contribution in [2.75, 3.05) is 10.6 Å². The van der Waals surface area contributed by atoms with Crippen LogP contribution < -0.4 is 10.6 Å². The molecule has 2 aromatic carbocycles. The van der Waals surface area contributed by atoms with Crippen LogP contribution in [0.25, 0.3) is 0 Å². The lowest BCUT2D eigenvalue weighted by atomic mass is 10.1. The van der Waals surface area contributed by atoms with Crippen molar-refractivity contribution in [2.45, 2.75) is 13.0 Å². The average Bonchev–Trinajstić information content (AvgIpc) is 3.07. The molecule has 1 amide bonds. The second kappa shape index (κ2) is 9.05. The molecule has 9 heteroatoms. The van der Waals surface area contributed by atoms with Crippen molar-refractivity contribution in [1.82, 2.24) is 4.98 Å². The van der Waals surface area contributed by atoms with Gasteiger partial charge in [-0.2, -0.15) is 0 Å². The molecule has 0 aliphatic rings. The summed E-state index contributed by atoms with van der Waals surface area (Å²) in [6.45, 7) is 0.536. The molecule has 0 fully saturated rings. The number of nitrogens with zero attached hydrogens (tertiary/aromatic N) is 1. The maximum Gasteiger partial charge on any atom is 0.309 e. The van der Waals surface area contributed by atoms with E-state index in [2.05, 4.69) is 15.6 Å². The second-order valence-corrected chi connectivity index (χ2v) is 7.55. The molecule has 28 heavy (non-hydrogen) atoms. The smallest absolute Gasteiger partial charge is 0.309 e. The van der Waals surface area contributed by atoms with E-state index in [0.29, 0.717) is 33.0 Å². The van der Waals surface area contributed by atoms with E-state index in [4.69, 9.17) is 28.3 Å². The summed E-state index contributed by atoms with van der Waals surface area (Å²) in [5.74, 6) is -1.27. The zero-order valence-corrected chi connectivity index (χ0v) is 16.7. The van der Waals surface area contributed by atoms with Crippen LogP contribution in [0.5, 0.6) is 0 Å². The van der Waals surface area contributed by atoms with Gasteiger partial charge in [-0.15, -0.1) is 11.3 Å². The minimum Gasteiger partial charge on any atom is -0.481 e. The summed E-state index contributed by atoms with van der Waals surface area (Å²) in [7, 11) is 0. The van der Waals surface area contributed by atoms with Crippen molar-refractivity contribution in [1.29, 1.82) is 0 Å². The number of aliphatic carboxylic acids is 1. The third-order valence-electron chi connectivity index (χ3n) is 3.73. The quantitative estimate of drug-likeness (QED) is 0.488. The molecular weight excluding hydrogens is 421 g/mol. The Hall–Kier alpha value is -2.61. The standard InChI is InChI=1S/C19H15Cl2N3O3S/c20-13-5-6-16(15(21)7-13)22-9-11-1-3-12(4-2-11)18(27)24-19-23-14(10-28-19)8-17(25)26/h1-7,10,22H,8-9H2,(H,25,26)(H,23,24,27). The summed E-state index contributed by atoms with van der Waals surface area (Å²) >= 11 is 13.2. The van der Waals surface area contributed by atoms with E-state index in [1.807, 2.05) is 12.1 Å². The number of carboxylic acids is 1. The Labute approximate surface area is 175 Å². The molecule has 0 unspecified atom stereocenters. The highest BCUT2D eigenvalue weighted by molar-refractivity contribution is 7.14. The molecule has 3 rings (SSSR count). The normalized spacial score (nSPS) is 10.5. The average molecular weight is 436 g/mol. The molecule has 144 valence electrons. The summed E-state index contributed by atoms with van der Waals surface area (Å²) in [4.78, 5) is 27.1. The predicted molar refractivity (Wildman–Crippen MR) is 112 cm³/mol. The lowest BCUT2D eigenvalue weighted by Crippen LogP contribution is -2.12. The number of hydrogen-bond donors (Lipinski definition) is 3. The molecule has 6 nitrogen and oxygen atoms in total. The topological polar surface area (TPSA) is 91.3 Å². The number of carbonyl (C=O) groups is 2. The monoisotopic (exact) mass is 435 g/mol. The number of aromatic nitrogens is 1. The van der Waals surface area contributed by atoms with Gasteiger partial charge in [-0.1, -0.05) is 35.3 Å². The van der Waals surface area contributed by atoms with E-state index in [-0.39, 0.29) is 12.3 Å². The van der Waals surface area contributed by atoms with E-state index in [1.54, 1.807) is 35.7 Å². The van der Waals surface area contributed by atoms with Gasteiger partial charge in [0.15, 0.2) is 5.13 Å². The minimum absolute atomic E-state index is 0.175. The van der Waals surface area contributed by atoms with Gasteiger partial charge >= 0.3 is 5.97 Å². The first-order valence-corrected chi connectivity index (χ1v) is 9.79. The molecule has 0 bridgehead atoms. The highest BCUT2D eigenvalue weighted by Gasteiger charge is 2.11. The molecule has 0 aliphatic heterocycles. The minimum atomic E-state index is -0.965. The Morgan fingerprint density at radius 1 is 1.11 bits per heavy atom. The Morgan fingerprint density at radius 3 is 2.54 bits per heavy atom. The van der Waals surface area contributed by atoms with Crippen LogP contribution in [0.1, 0.15) is 21.6 Å². The predicted octanol–water partition coefficient (Wildman–Crippen LogP) is 4.94. The number of amides is 1. The van der Waals surface area contributed by atoms with Crippen molar-refractivity contribution in [3.8, 4) is 0 Å². The number of halogens is 2. The van der Waals surface area contributed by atoms with Gasteiger partial charge in [-0.05, 0) is 35.9 Å². The van der Waals surface area contributed by atoms with Crippen LogP contribution >= 0.6 is 34.5 Å². The van der Waals surface area contributed by atoms with Crippen LogP contribution in [0.2, 0.25) is 10.0 Å². The summed E-state index contributed by atoms with van der Waals surface area (Å²) in [5.41, 5.74) is 2.63. The summed E-state index contributed by atoms with van der Waals surface area (Å²) < 4.78 is 0. The van der Waals surface area contributed by atoms with E-state index >= 15 is 0 Å². The molecule has 3 aromatic rings. The molecule has 1 aromatic heterocycles. The van der Waals surface area contributed by atoms with Crippen molar-refractivity contribution < 1.29 is 14.7 Å². The first-order valence-electron chi connectivity index (χ1n) is 8.16. The van der Waals surface area contributed by atoms with E-state index < -0.39 is 5.97 Å². The van der Waals surface area contributed by atoms with Gasteiger partial charge in [-0.25, -0.2) is 4.98 Å². The fourth-order valence-corrected chi connectivity index (χ4v) is 3.55. The summed E-state index contributed by atoms with van der Waals surface area (Å²) in [6, 6.07) is 12.3. The molecule has 0 saturated carbocycles. The molecule has 0 aliphatic carbocycles. The van der Waals surface area contributed by atoms with Crippen LogP contribution in [0.4, 0.5) is 10.8 Å². The number of rotatable bonds is 7. The maximum absolute atomic E-state index is 12.3. The Kier molecular flexibility index (Phi) is 6.51. The SMILES string of the molecule is O=C(O)Cc1csc(NC(=O)c2ccc(CNc3ccc(Cl)cc3Cl)cc2)n1. The number of carboxylic acid groups (broad SMARTS) is 1. The number of carbonyl (C=O) groups excluding carboxylic acids is 1. The fourth-order valence-electron chi connectivity index (χ4n) is 2.37. The number of thiazole rings is 1. The van der Waals surface area contributed by atoms with Crippen LogP contribution in [0, 0.1) is 0 Å². The summed E-state index contributed by atoms with van der Waals surface area (Å²) in [5, 5.41) is 17.7. The van der Waals surface area contributed by atoms with Gasteiger partial charge < -0.3 is 10.4 Å². The first kappa shape index (κ1) is 20.1. The summed E-state index contributed by atoms with van der Waals surface area (Å²) in [6.07, 6.45) is -0.175. The largest absolute Gasteiger partial charge is 0.481 e. The number of hydrogen-bond acceptors (Lipinski definition) is 5. The van der Waals surface area contributed by atoms with Crippen LogP contribution in [0.3, 0.4) is 0 Å². The van der Waals surface area contributed by atoms with Crippen molar-refractivity contribution >= 4 is 57.2 Å². The lowest BCUT2D eigenvalue weighted by molar-refractivity contribution is -0.136. The van der Waals surface area contributed by atoms with Crippen molar-refractivity contribution in [2.24, 2.45) is 0 Å². The highest BCUT2D eigenvalue weighted by Crippen LogP contribution is 2.26. The maximum atomic E-state index is 12.3. The van der Waals surface area contributed by atoms with Gasteiger partial charge in [0, 0.05) is 22.5 Å². The molecule has 0 atom stereocenters. The number of anilines is 2. The van der Waals surface area contributed by atoms with Gasteiger partial charge in [0.05, 0.1) is 22.8 Å². The molecule has 0 saturated heterocycles. The van der Waals surface area contributed by atoms with Gasteiger partial charge in [0.1, 0.15) is 0 Å². The van der Waals surface area contributed by atoms with E-state index in [0.717, 1.165) is 11.3 Å².